The van der Waals surface area contributed by atoms with Crippen molar-refractivity contribution in [2.75, 3.05) is 6.54 Å². The van der Waals surface area contributed by atoms with Gasteiger partial charge in [0, 0.05) is 17.8 Å². The standard InChI is InChI=1S/C11H13NO2S/c1-3-7(13)10-6(2)9-8(15-10)4-5-12-11(9)14/h3-5H2,1-2H3,(H,12,14). The Morgan fingerprint density at radius 2 is 2.27 bits per heavy atom. The van der Waals surface area contributed by atoms with Crippen molar-refractivity contribution in [3.63, 3.8) is 0 Å². The molecule has 2 heterocycles. The maximum absolute atomic E-state index is 11.6. The van der Waals surface area contributed by atoms with E-state index in [0.717, 1.165) is 27.3 Å². The maximum atomic E-state index is 11.6. The number of hydrogen-bond acceptors (Lipinski definition) is 3. The SMILES string of the molecule is CCC(=O)c1sc2c(c1C)C(=O)NCC2. The van der Waals surface area contributed by atoms with Crippen molar-refractivity contribution >= 4 is 23.0 Å². The molecule has 1 aromatic heterocycles. The fourth-order valence-corrected chi connectivity index (χ4v) is 3.16. The van der Waals surface area contributed by atoms with Gasteiger partial charge < -0.3 is 5.32 Å². The van der Waals surface area contributed by atoms with E-state index in [9.17, 15) is 9.59 Å². The highest BCUT2D eigenvalue weighted by Crippen LogP contribution is 2.31. The van der Waals surface area contributed by atoms with Gasteiger partial charge in [0.25, 0.3) is 5.91 Å². The van der Waals surface area contributed by atoms with Crippen LogP contribution >= 0.6 is 11.3 Å². The Morgan fingerprint density at radius 3 is 2.87 bits per heavy atom. The average Bonchev–Trinajstić information content (AvgIpc) is 2.56. The number of fused-ring (bicyclic) bond motifs is 1. The number of rotatable bonds is 2. The second-order valence-electron chi connectivity index (χ2n) is 3.64. The van der Waals surface area contributed by atoms with Crippen molar-refractivity contribution in [3.8, 4) is 0 Å². The molecule has 0 fully saturated rings. The highest BCUT2D eigenvalue weighted by Gasteiger charge is 2.25. The molecule has 80 valence electrons. The summed E-state index contributed by atoms with van der Waals surface area (Å²) in [6, 6.07) is 0. The molecule has 0 saturated heterocycles. The van der Waals surface area contributed by atoms with Gasteiger partial charge in [0.05, 0.1) is 10.4 Å². The van der Waals surface area contributed by atoms with Crippen molar-refractivity contribution in [3.05, 3.63) is 20.9 Å². The molecule has 0 spiro atoms. The van der Waals surface area contributed by atoms with Crippen LogP contribution in [0.15, 0.2) is 0 Å². The first-order chi connectivity index (χ1) is 7.15. The van der Waals surface area contributed by atoms with Gasteiger partial charge in [-0.25, -0.2) is 0 Å². The van der Waals surface area contributed by atoms with Crippen molar-refractivity contribution in [1.82, 2.24) is 5.32 Å². The van der Waals surface area contributed by atoms with Crippen LogP contribution in [-0.2, 0) is 6.42 Å². The van der Waals surface area contributed by atoms with Crippen LogP contribution in [0.3, 0.4) is 0 Å². The van der Waals surface area contributed by atoms with Gasteiger partial charge in [-0.3, -0.25) is 9.59 Å². The minimum atomic E-state index is -0.0276. The summed E-state index contributed by atoms with van der Waals surface area (Å²) < 4.78 is 0. The minimum absolute atomic E-state index is 0.0276. The lowest BCUT2D eigenvalue weighted by Crippen LogP contribution is -2.31. The van der Waals surface area contributed by atoms with Gasteiger partial charge in [-0.1, -0.05) is 6.92 Å². The van der Waals surface area contributed by atoms with E-state index < -0.39 is 0 Å². The fourth-order valence-electron chi connectivity index (χ4n) is 1.85. The van der Waals surface area contributed by atoms with E-state index in [1.807, 2.05) is 13.8 Å². The topological polar surface area (TPSA) is 46.2 Å². The number of Topliss-reactive ketones (excluding diaryl/α,β-unsaturated/α-hetero) is 1. The van der Waals surface area contributed by atoms with E-state index in [2.05, 4.69) is 5.32 Å². The second kappa shape index (κ2) is 3.77. The number of carbonyl (C=O) groups excluding carboxylic acids is 2. The third-order valence-electron chi connectivity index (χ3n) is 2.66. The third-order valence-corrected chi connectivity index (χ3v) is 4.05. The van der Waals surface area contributed by atoms with Crippen LogP contribution in [-0.4, -0.2) is 18.2 Å². The minimum Gasteiger partial charge on any atom is -0.352 e. The van der Waals surface area contributed by atoms with Gasteiger partial charge in [-0.05, 0) is 18.9 Å². The quantitative estimate of drug-likeness (QED) is 0.779. The predicted molar refractivity (Wildman–Crippen MR) is 59.7 cm³/mol. The Kier molecular flexibility index (Phi) is 2.61. The number of carbonyl (C=O) groups is 2. The summed E-state index contributed by atoms with van der Waals surface area (Å²) in [7, 11) is 0. The van der Waals surface area contributed by atoms with Gasteiger partial charge in [0.1, 0.15) is 0 Å². The highest BCUT2D eigenvalue weighted by atomic mass is 32.1. The molecule has 4 heteroatoms. The van der Waals surface area contributed by atoms with Gasteiger partial charge >= 0.3 is 0 Å². The molecule has 0 bridgehead atoms. The Labute approximate surface area is 92.5 Å². The summed E-state index contributed by atoms with van der Waals surface area (Å²) in [5.74, 6) is 0.111. The molecule has 0 aromatic carbocycles. The average molecular weight is 223 g/mol. The third kappa shape index (κ3) is 1.59. The number of nitrogens with one attached hydrogen (secondary N) is 1. The summed E-state index contributed by atoms with van der Waals surface area (Å²) in [6.45, 7) is 4.40. The monoisotopic (exact) mass is 223 g/mol. The van der Waals surface area contributed by atoms with Crippen LogP contribution in [0, 0.1) is 6.92 Å². The number of ketones is 1. The molecule has 0 saturated carbocycles. The number of thiophene rings is 1. The molecule has 1 amide bonds. The largest absolute Gasteiger partial charge is 0.352 e. The Balaban J connectivity index is 2.53. The van der Waals surface area contributed by atoms with Crippen LogP contribution in [0.5, 0.6) is 0 Å². The summed E-state index contributed by atoms with van der Waals surface area (Å²) in [5.41, 5.74) is 1.60. The molecule has 1 aromatic rings. The Morgan fingerprint density at radius 1 is 1.53 bits per heavy atom. The normalized spacial score (nSPS) is 14.7. The van der Waals surface area contributed by atoms with Crippen LogP contribution in [0.1, 0.15) is 43.8 Å². The Bertz CT molecular complexity index is 434. The fraction of sp³-hybridized carbons (Fsp3) is 0.455. The first kappa shape index (κ1) is 10.4. The van der Waals surface area contributed by atoms with E-state index in [-0.39, 0.29) is 11.7 Å². The second-order valence-corrected chi connectivity index (χ2v) is 4.74. The lowest BCUT2D eigenvalue weighted by atomic mass is 10.0. The Hall–Kier alpha value is -1.16. The molecule has 0 radical (unpaired) electrons. The molecule has 1 aliphatic heterocycles. The lowest BCUT2D eigenvalue weighted by molar-refractivity contribution is 0.0946. The van der Waals surface area contributed by atoms with Crippen LogP contribution < -0.4 is 5.32 Å². The summed E-state index contributed by atoms with van der Waals surface area (Å²) in [5, 5.41) is 2.81. The van der Waals surface area contributed by atoms with Gasteiger partial charge in [-0.2, -0.15) is 0 Å². The van der Waals surface area contributed by atoms with Crippen molar-refractivity contribution in [1.29, 1.82) is 0 Å². The first-order valence-corrected chi connectivity index (χ1v) is 5.90. The van der Waals surface area contributed by atoms with E-state index >= 15 is 0 Å². The van der Waals surface area contributed by atoms with E-state index in [4.69, 9.17) is 0 Å². The van der Waals surface area contributed by atoms with E-state index in [1.165, 1.54) is 11.3 Å². The zero-order valence-electron chi connectivity index (χ0n) is 8.85. The summed E-state index contributed by atoms with van der Waals surface area (Å²) in [6.07, 6.45) is 1.35. The summed E-state index contributed by atoms with van der Waals surface area (Å²) >= 11 is 1.49. The number of amides is 1. The van der Waals surface area contributed by atoms with E-state index in [0.29, 0.717) is 13.0 Å². The summed E-state index contributed by atoms with van der Waals surface area (Å²) in [4.78, 5) is 25.1. The van der Waals surface area contributed by atoms with Crippen LogP contribution in [0.4, 0.5) is 0 Å². The molecule has 0 unspecified atom stereocenters. The predicted octanol–water partition coefficient (Wildman–Crippen LogP) is 1.94. The lowest BCUT2D eigenvalue weighted by Gasteiger charge is -2.12. The van der Waals surface area contributed by atoms with Crippen molar-refractivity contribution in [2.45, 2.75) is 26.7 Å². The van der Waals surface area contributed by atoms with Crippen molar-refractivity contribution < 1.29 is 9.59 Å². The molecular formula is C11H13NO2S. The molecule has 3 nitrogen and oxygen atoms in total. The van der Waals surface area contributed by atoms with Gasteiger partial charge in [0.2, 0.25) is 0 Å². The maximum Gasteiger partial charge on any atom is 0.252 e. The molecule has 2 rings (SSSR count). The molecule has 1 N–H and O–H groups in total. The van der Waals surface area contributed by atoms with Crippen molar-refractivity contribution in [2.24, 2.45) is 0 Å². The molecule has 0 atom stereocenters. The van der Waals surface area contributed by atoms with E-state index in [1.54, 1.807) is 0 Å². The molecule has 0 aliphatic carbocycles. The van der Waals surface area contributed by atoms with Crippen LogP contribution in [0.2, 0.25) is 0 Å². The molecular weight excluding hydrogens is 210 g/mol. The zero-order valence-corrected chi connectivity index (χ0v) is 9.66. The van der Waals surface area contributed by atoms with Gasteiger partial charge in [0.15, 0.2) is 5.78 Å². The smallest absolute Gasteiger partial charge is 0.252 e. The molecule has 15 heavy (non-hydrogen) atoms. The highest BCUT2D eigenvalue weighted by molar-refractivity contribution is 7.14. The van der Waals surface area contributed by atoms with Crippen LogP contribution in [0.25, 0.3) is 0 Å². The van der Waals surface area contributed by atoms with Gasteiger partial charge in [-0.15, -0.1) is 11.3 Å². The first-order valence-electron chi connectivity index (χ1n) is 5.08. The molecule has 1 aliphatic rings. The number of hydrogen-bond donors (Lipinski definition) is 1. The zero-order chi connectivity index (χ0) is 11.0.